The van der Waals surface area contributed by atoms with Gasteiger partial charge in [0, 0.05) is 32.0 Å². The monoisotopic (exact) mass is 703 g/mol. The Morgan fingerprint density at radius 1 is 0.980 bits per heavy atom. The first-order valence-electron chi connectivity index (χ1n) is 17.0. The number of amides is 2. The molecule has 11 heteroatoms. The molecule has 0 aromatic heterocycles. The fraction of sp³-hybridized carbons (Fsp3) is 0.350. The van der Waals surface area contributed by atoms with Crippen LogP contribution in [0.3, 0.4) is 0 Å². The van der Waals surface area contributed by atoms with Crippen molar-refractivity contribution in [2.45, 2.75) is 51.6 Å². The van der Waals surface area contributed by atoms with Crippen molar-refractivity contribution in [2.24, 2.45) is 5.92 Å². The van der Waals surface area contributed by atoms with E-state index in [2.05, 4.69) is 22.3 Å². The summed E-state index contributed by atoms with van der Waals surface area (Å²) in [7, 11) is 1.98. The highest BCUT2D eigenvalue weighted by Crippen LogP contribution is 2.35. The van der Waals surface area contributed by atoms with Crippen LogP contribution in [0.15, 0.2) is 97.1 Å². The molecule has 1 aliphatic heterocycles. The van der Waals surface area contributed by atoms with E-state index in [0.717, 1.165) is 29.9 Å². The molecule has 0 radical (unpaired) electrons. The van der Waals surface area contributed by atoms with E-state index in [-0.39, 0.29) is 41.9 Å². The first-order chi connectivity index (χ1) is 24.4. The van der Waals surface area contributed by atoms with E-state index >= 15 is 0 Å². The van der Waals surface area contributed by atoms with Crippen LogP contribution in [0.1, 0.15) is 46.5 Å². The van der Waals surface area contributed by atoms with E-state index in [9.17, 15) is 27.9 Å². The molecule has 0 saturated carbocycles. The number of hydrogen-bond donors (Lipinski definition) is 2. The van der Waals surface area contributed by atoms with Crippen molar-refractivity contribution in [3.8, 4) is 11.5 Å². The van der Waals surface area contributed by atoms with Gasteiger partial charge in [-0.15, -0.1) is 0 Å². The Kier molecular flexibility index (Phi) is 12.4. The Labute approximate surface area is 296 Å². The maximum atomic E-state index is 13.8. The molecular formula is C40H44F3N3O5. The Morgan fingerprint density at radius 3 is 2.33 bits per heavy atom. The highest BCUT2D eigenvalue weighted by molar-refractivity contribution is 6.02. The normalized spacial score (nSPS) is 16.9. The number of carbonyl (C=O) groups excluding carboxylic acids is 2. The van der Waals surface area contributed by atoms with E-state index in [1.807, 2.05) is 56.4 Å². The van der Waals surface area contributed by atoms with E-state index in [0.29, 0.717) is 31.8 Å². The molecule has 2 N–H and O–H groups in total. The second-order valence-corrected chi connectivity index (χ2v) is 13.1. The second-order valence-electron chi connectivity index (χ2n) is 13.1. The number of para-hydroxylation sites is 1. The predicted octanol–water partition coefficient (Wildman–Crippen LogP) is 6.86. The van der Waals surface area contributed by atoms with Crippen molar-refractivity contribution in [1.82, 2.24) is 9.80 Å². The third-order valence-corrected chi connectivity index (χ3v) is 8.98. The van der Waals surface area contributed by atoms with Gasteiger partial charge in [0.05, 0.1) is 42.5 Å². The third kappa shape index (κ3) is 10.1. The fourth-order valence-electron chi connectivity index (χ4n) is 6.06. The molecule has 1 unspecified atom stereocenters. The van der Waals surface area contributed by atoms with Gasteiger partial charge in [0.25, 0.3) is 5.91 Å². The molecule has 0 spiro atoms. The first kappa shape index (κ1) is 37.4. The number of rotatable bonds is 13. The summed E-state index contributed by atoms with van der Waals surface area (Å²) >= 11 is 0. The number of nitrogens with one attached hydrogen (secondary N) is 1. The molecule has 1 heterocycles. The van der Waals surface area contributed by atoms with Crippen molar-refractivity contribution in [3.63, 3.8) is 0 Å². The van der Waals surface area contributed by atoms with Crippen molar-refractivity contribution in [3.05, 3.63) is 125 Å². The lowest BCUT2D eigenvalue weighted by Gasteiger charge is -2.38. The number of carbonyl (C=O) groups is 2. The lowest BCUT2D eigenvalue weighted by atomic mass is 9.98. The van der Waals surface area contributed by atoms with Gasteiger partial charge in [0.15, 0.2) is 5.75 Å². The zero-order valence-corrected chi connectivity index (χ0v) is 29.0. The lowest BCUT2D eigenvalue weighted by molar-refractivity contribution is -0.137. The maximum absolute atomic E-state index is 13.8. The van der Waals surface area contributed by atoms with Crippen molar-refractivity contribution in [2.75, 3.05) is 38.7 Å². The van der Waals surface area contributed by atoms with Crippen LogP contribution in [-0.4, -0.2) is 72.2 Å². The minimum Gasteiger partial charge on any atom is -0.493 e. The highest BCUT2D eigenvalue weighted by atomic mass is 19.4. The number of hydrogen-bond acceptors (Lipinski definition) is 6. The minimum absolute atomic E-state index is 0.158. The van der Waals surface area contributed by atoms with Gasteiger partial charge in [-0.1, -0.05) is 67.6 Å². The van der Waals surface area contributed by atoms with E-state index in [1.165, 1.54) is 17.7 Å². The standard InChI is InChI=1S/C40H44F3N3O5/c1-27-23-46(28(2)26-47)39(49)34-10-7-11-35(44-37(48)22-30-12-16-32(17-13-30)40(41,42)43)38(34)51-36(27)25-45(3)24-31-14-18-33(19-15-31)50-21-20-29-8-5-4-6-9-29/h4-19,27-28,36,47H,20-26H2,1-3H3,(H,44,48)/t27-,28?,36-/m1/s1. The average Bonchev–Trinajstić information content (AvgIpc) is 3.10. The van der Waals surface area contributed by atoms with Gasteiger partial charge in [-0.3, -0.25) is 14.5 Å². The maximum Gasteiger partial charge on any atom is 0.416 e. The quantitative estimate of drug-likeness (QED) is 0.158. The molecule has 0 saturated heterocycles. The third-order valence-electron chi connectivity index (χ3n) is 8.98. The molecule has 4 aromatic carbocycles. The molecule has 8 nitrogen and oxygen atoms in total. The Balaban J connectivity index is 1.29. The number of alkyl halides is 3. The molecule has 3 atom stereocenters. The second kappa shape index (κ2) is 16.9. The van der Waals surface area contributed by atoms with Gasteiger partial charge in [-0.05, 0) is 67.1 Å². The number of aliphatic hydroxyl groups excluding tert-OH is 1. The summed E-state index contributed by atoms with van der Waals surface area (Å²) < 4.78 is 51.6. The summed E-state index contributed by atoms with van der Waals surface area (Å²) in [5, 5.41) is 12.8. The molecule has 5 rings (SSSR count). The van der Waals surface area contributed by atoms with Crippen LogP contribution in [0.5, 0.6) is 11.5 Å². The van der Waals surface area contributed by atoms with Gasteiger partial charge in [-0.25, -0.2) is 0 Å². The zero-order chi connectivity index (χ0) is 36.5. The number of likely N-dealkylation sites (N-methyl/N-ethyl adjacent to an activating group) is 1. The summed E-state index contributed by atoms with van der Waals surface area (Å²) in [6, 6.07) is 27.0. The number of anilines is 1. The van der Waals surface area contributed by atoms with Crippen LogP contribution in [0.2, 0.25) is 0 Å². The molecule has 0 aliphatic carbocycles. The van der Waals surface area contributed by atoms with Crippen LogP contribution in [0, 0.1) is 5.92 Å². The summed E-state index contributed by atoms with van der Waals surface area (Å²) in [5.41, 5.74) is 2.42. The molecule has 51 heavy (non-hydrogen) atoms. The lowest BCUT2D eigenvalue weighted by Crippen LogP contribution is -2.49. The Morgan fingerprint density at radius 2 is 1.67 bits per heavy atom. The van der Waals surface area contributed by atoms with Crippen LogP contribution in [0.25, 0.3) is 0 Å². The van der Waals surface area contributed by atoms with Crippen LogP contribution in [-0.2, 0) is 30.4 Å². The van der Waals surface area contributed by atoms with Crippen molar-refractivity contribution in [1.29, 1.82) is 0 Å². The van der Waals surface area contributed by atoms with Gasteiger partial charge in [0.1, 0.15) is 11.9 Å². The molecule has 2 amide bonds. The molecule has 1 aliphatic rings. The molecule has 0 fully saturated rings. The van der Waals surface area contributed by atoms with Gasteiger partial charge >= 0.3 is 6.18 Å². The van der Waals surface area contributed by atoms with E-state index in [4.69, 9.17) is 9.47 Å². The predicted molar refractivity (Wildman–Crippen MR) is 190 cm³/mol. The summed E-state index contributed by atoms with van der Waals surface area (Å²) in [6.45, 7) is 5.56. The SMILES string of the molecule is CC(CO)N1C[C@@H](C)[C@@H](CN(C)Cc2ccc(OCCc3ccccc3)cc2)Oc2c(NC(=O)Cc3ccc(C(F)(F)F)cc3)cccc2C1=O. The number of fused-ring (bicyclic) bond motifs is 1. The number of halogens is 3. The highest BCUT2D eigenvalue weighted by Gasteiger charge is 2.35. The Bertz CT molecular complexity index is 1750. The van der Waals surface area contributed by atoms with Crippen LogP contribution in [0.4, 0.5) is 18.9 Å². The fourth-order valence-corrected chi connectivity index (χ4v) is 6.06. The van der Waals surface area contributed by atoms with Crippen LogP contribution < -0.4 is 14.8 Å². The van der Waals surface area contributed by atoms with Crippen molar-refractivity contribution < 1.29 is 37.3 Å². The molecular weight excluding hydrogens is 659 g/mol. The van der Waals surface area contributed by atoms with E-state index < -0.39 is 29.8 Å². The van der Waals surface area contributed by atoms with Crippen LogP contribution >= 0.6 is 0 Å². The largest absolute Gasteiger partial charge is 0.493 e. The smallest absolute Gasteiger partial charge is 0.416 e. The molecule has 0 bridgehead atoms. The molecule has 4 aromatic rings. The first-order valence-corrected chi connectivity index (χ1v) is 17.0. The topological polar surface area (TPSA) is 91.3 Å². The van der Waals surface area contributed by atoms with Gasteiger partial charge in [0.2, 0.25) is 5.91 Å². The number of aliphatic hydroxyl groups is 1. The van der Waals surface area contributed by atoms with E-state index in [1.54, 1.807) is 30.0 Å². The average molecular weight is 704 g/mol. The summed E-state index contributed by atoms with van der Waals surface area (Å²) in [4.78, 5) is 30.7. The van der Waals surface area contributed by atoms with Crippen molar-refractivity contribution >= 4 is 17.5 Å². The number of nitrogens with zero attached hydrogens (tertiary/aromatic N) is 2. The Hall–Kier alpha value is -4.87. The van der Waals surface area contributed by atoms with Gasteiger partial charge < -0.3 is 24.8 Å². The van der Waals surface area contributed by atoms with Gasteiger partial charge in [-0.2, -0.15) is 13.2 Å². The summed E-state index contributed by atoms with van der Waals surface area (Å²) in [5.74, 6) is 0.0305. The number of ether oxygens (including phenoxy) is 2. The zero-order valence-electron chi connectivity index (χ0n) is 29.0. The summed E-state index contributed by atoms with van der Waals surface area (Å²) in [6.07, 6.45) is -4.25. The number of benzene rings is 4. The minimum atomic E-state index is -4.48. The molecule has 270 valence electrons.